The molecule has 0 N–H and O–H groups in total. The molecule has 5 nitrogen and oxygen atoms in total. The van der Waals surface area contributed by atoms with Crippen molar-refractivity contribution in [1.82, 2.24) is 14.1 Å². The van der Waals surface area contributed by atoms with Crippen LogP contribution in [0.1, 0.15) is 11.1 Å². The van der Waals surface area contributed by atoms with E-state index in [2.05, 4.69) is 46.1 Å². The molecular formula is C23H17N3O2. The Labute approximate surface area is 159 Å². The van der Waals surface area contributed by atoms with Crippen LogP contribution in [0.4, 0.5) is 0 Å². The Morgan fingerprint density at radius 1 is 0.786 bits per heavy atom. The maximum Gasteiger partial charge on any atom is 0.344 e. The Hall–Kier alpha value is -3.73. The Morgan fingerprint density at radius 3 is 2.14 bits per heavy atom. The van der Waals surface area contributed by atoms with E-state index >= 15 is 0 Å². The number of benzene rings is 3. The largest absolute Gasteiger partial charge is 0.422 e. The van der Waals surface area contributed by atoms with Gasteiger partial charge >= 0.3 is 5.63 Å². The summed E-state index contributed by atoms with van der Waals surface area (Å²) in [6, 6.07) is 21.9. The summed E-state index contributed by atoms with van der Waals surface area (Å²) in [5, 5.41) is 0.908. The first-order valence-corrected chi connectivity index (χ1v) is 9.26. The van der Waals surface area contributed by atoms with Crippen LogP contribution in [0, 0.1) is 13.8 Å². The van der Waals surface area contributed by atoms with Crippen LogP contribution in [0.2, 0.25) is 0 Å². The maximum absolute atomic E-state index is 12.5. The summed E-state index contributed by atoms with van der Waals surface area (Å²) >= 11 is 0. The fraction of sp³-hybridized carbons (Fsp3) is 0.0870. The topological polar surface area (TPSA) is 44.0 Å². The lowest BCUT2D eigenvalue weighted by Gasteiger charge is -2.03. The Bertz CT molecular complexity index is 1500. The van der Waals surface area contributed by atoms with Crippen LogP contribution in [0.5, 0.6) is 0 Å². The Kier molecular flexibility index (Phi) is 2.83. The average Bonchev–Trinajstić information content (AvgIpc) is 3.39. The van der Waals surface area contributed by atoms with Crippen LogP contribution in [0.15, 0.2) is 75.9 Å². The van der Waals surface area contributed by atoms with E-state index in [0.29, 0.717) is 11.1 Å². The zero-order valence-corrected chi connectivity index (χ0v) is 15.5. The van der Waals surface area contributed by atoms with E-state index in [1.54, 1.807) is 0 Å². The highest BCUT2D eigenvalue weighted by molar-refractivity contribution is 5.84. The molecule has 3 heterocycles. The van der Waals surface area contributed by atoms with Gasteiger partial charge in [-0.15, -0.1) is 9.26 Å². The third-order valence-corrected chi connectivity index (χ3v) is 5.56. The smallest absolute Gasteiger partial charge is 0.344 e. The van der Waals surface area contributed by atoms with Gasteiger partial charge in [0, 0.05) is 11.5 Å². The minimum absolute atomic E-state index is 0.320. The van der Waals surface area contributed by atoms with Gasteiger partial charge in [0.15, 0.2) is 0 Å². The summed E-state index contributed by atoms with van der Waals surface area (Å²) in [6.07, 6.45) is 0. The highest BCUT2D eigenvalue weighted by atomic mass is 16.4. The van der Waals surface area contributed by atoms with Crippen LogP contribution in [-0.4, -0.2) is 14.1 Å². The van der Waals surface area contributed by atoms with Crippen molar-refractivity contribution in [1.29, 1.82) is 0 Å². The molecule has 0 fully saturated rings. The van der Waals surface area contributed by atoms with Gasteiger partial charge in [0.2, 0.25) is 0 Å². The molecule has 0 aliphatic heterocycles. The quantitative estimate of drug-likeness (QED) is 0.412. The molecule has 28 heavy (non-hydrogen) atoms. The van der Waals surface area contributed by atoms with Crippen molar-refractivity contribution in [2.75, 3.05) is 0 Å². The lowest BCUT2D eigenvalue weighted by atomic mass is 10.1. The van der Waals surface area contributed by atoms with Crippen LogP contribution in [0.3, 0.4) is 0 Å². The van der Waals surface area contributed by atoms with Crippen molar-refractivity contribution in [2.45, 2.75) is 13.8 Å². The van der Waals surface area contributed by atoms with Gasteiger partial charge in [-0.25, -0.2) is 4.79 Å². The molecule has 0 aliphatic carbocycles. The lowest BCUT2D eigenvalue weighted by Crippen LogP contribution is -2.02. The fourth-order valence-electron chi connectivity index (χ4n) is 3.86. The van der Waals surface area contributed by atoms with Crippen LogP contribution in [-0.2, 0) is 0 Å². The van der Waals surface area contributed by atoms with E-state index < -0.39 is 0 Å². The molecule has 136 valence electrons. The second-order valence-corrected chi connectivity index (χ2v) is 7.33. The zero-order chi connectivity index (χ0) is 19.0. The number of fused-ring (bicyclic) bond motifs is 5. The number of rotatable bonds is 2. The summed E-state index contributed by atoms with van der Waals surface area (Å²) in [7, 11) is 0. The molecule has 0 bridgehead atoms. The standard InChI is InChI=1S/C23H17N3O2/c1-14-10-20-21(11-15(14)2)26-24(25(20)26)18-9-8-17-12-19(16-6-4-3-5-7-16)23(27)28-22(17)13-18/h3-13H,1-2H3. The molecular weight excluding hydrogens is 350 g/mol. The van der Waals surface area contributed by atoms with Crippen molar-refractivity contribution in [3.05, 3.63) is 88.3 Å². The highest BCUT2D eigenvalue weighted by Gasteiger charge is 2.24. The molecule has 0 spiro atoms. The van der Waals surface area contributed by atoms with E-state index in [-0.39, 0.29) is 5.63 Å². The number of hydrogen-bond donors (Lipinski definition) is 0. The van der Waals surface area contributed by atoms with E-state index in [9.17, 15) is 4.79 Å². The molecule has 0 atom stereocenters. The van der Waals surface area contributed by atoms with Gasteiger partial charge in [-0.1, -0.05) is 30.3 Å². The summed E-state index contributed by atoms with van der Waals surface area (Å²) in [5.74, 6) is 0. The Balaban J connectivity index is 1.49. The van der Waals surface area contributed by atoms with Gasteiger partial charge in [0.1, 0.15) is 16.6 Å². The van der Waals surface area contributed by atoms with Gasteiger partial charge in [0.05, 0.1) is 11.3 Å². The van der Waals surface area contributed by atoms with E-state index in [1.807, 2.05) is 48.5 Å². The van der Waals surface area contributed by atoms with Gasteiger partial charge in [-0.2, -0.15) is 4.80 Å². The zero-order valence-electron chi connectivity index (χ0n) is 15.5. The van der Waals surface area contributed by atoms with Crippen LogP contribution >= 0.6 is 0 Å². The molecule has 0 saturated carbocycles. The van der Waals surface area contributed by atoms with Gasteiger partial charge < -0.3 is 4.42 Å². The van der Waals surface area contributed by atoms with Gasteiger partial charge in [0.25, 0.3) is 0 Å². The van der Waals surface area contributed by atoms with Gasteiger partial charge in [-0.05, 0) is 60.9 Å². The first-order chi connectivity index (χ1) is 13.6. The van der Waals surface area contributed by atoms with Crippen molar-refractivity contribution in [2.24, 2.45) is 0 Å². The number of aryl methyl sites for hydroxylation is 2. The molecule has 0 radical (unpaired) electrons. The van der Waals surface area contributed by atoms with Crippen molar-refractivity contribution >= 4 is 22.0 Å². The molecule has 3 aromatic heterocycles. The van der Waals surface area contributed by atoms with E-state index in [4.69, 9.17) is 4.42 Å². The highest BCUT2D eigenvalue weighted by Crippen LogP contribution is 2.30. The second kappa shape index (κ2) is 5.16. The maximum atomic E-state index is 12.5. The van der Waals surface area contributed by atoms with Crippen LogP contribution < -0.4 is 5.63 Å². The summed E-state index contributed by atoms with van der Waals surface area (Å²) in [6.45, 7) is 4.25. The monoisotopic (exact) mass is 367 g/mol. The fourth-order valence-corrected chi connectivity index (χ4v) is 3.86. The van der Waals surface area contributed by atoms with Gasteiger partial charge in [-0.3, -0.25) is 0 Å². The Morgan fingerprint density at radius 2 is 1.46 bits per heavy atom. The minimum Gasteiger partial charge on any atom is -0.422 e. The molecule has 0 aliphatic rings. The first-order valence-electron chi connectivity index (χ1n) is 9.26. The molecule has 0 saturated heterocycles. The predicted octanol–water partition coefficient (Wildman–Crippen LogP) is 4.81. The number of aromatic nitrogens is 3. The van der Waals surface area contributed by atoms with E-state index in [1.165, 1.54) is 22.2 Å². The molecule has 6 aromatic rings. The summed E-state index contributed by atoms with van der Waals surface area (Å²) in [5.41, 5.74) is 7.64. The third kappa shape index (κ3) is 1.98. The van der Waals surface area contributed by atoms with Crippen molar-refractivity contribution in [3.8, 4) is 16.8 Å². The average molecular weight is 367 g/mol. The third-order valence-electron chi connectivity index (χ3n) is 5.56. The van der Waals surface area contributed by atoms with Crippen molar-refractivity contribution < 1.29 is 4.42 Å². The number of hydrogen-bond acceptors (Lipinski definition) is 2. The molecule has 0 unspecified atom stereocenters. The molecule has 5 heteroatoms. The summed E-state index contributed by atoms with van der Waals surface area (Å²) in [4.78, 5) is 14.6. The SMILES string of the molecule is Cc1cc2c(cc1C)n1n(-c3ccc4cc(-c5ccccc5)c(=O)oc4c3)n21. The minimum atomic E-state index is -0.320. The number of nitrogens with zero attached hydrogens (tertiary/aromatic N) is 3. The van der Waals surface area contributed by atoms with Crippen LogP contribution in [0.25, 0.3) is 38.8 Å². The van der Waals surface area contributed by atoms with Crippen molar-refractivity contribution in [3.63, 3.8) is 0 Å². The normalized spacial score (nSPS) is 12.1. The second-order valence-electron chi connectivity index (χ2n) is 7.33. The van der Waals surface area contributed by atoms with E-state index in [0.717, 1.165) is 16.6 Å². The molecule has 6 rings (SSSR count). The summed E-state index contributed by atoms with van der Waals surface area (Å²) < 4.78 is 9.87. The lowest BCUT2D eigenvalue weighted by molar-refractivity contribution is 0.563. The molecule has 3 aromatic carbocycles. The first kappa shape index (κ1) is 15.3. The molecule has 0 amide bonds. The predicted molar refractivity (Wildman–Crippen MR) is 110 cm³/mol.